The molecule has 10 nitrogen and oxygen atoms in total. The third kappa shape index (κ3) is 9.35. The fraction of sp³-hybridized carbons (Fsp3) is 0.522. The molecule has 10 heteroatoms. The molecule has 3 aliphatic rings. The lowest BCUT2D eigenvalue weighted by molar-refractivity contribution is -0.141. The monoisotopic (exact) mass is 762 g/mol. The van der Waals surface area contributed by atoms with Crippen molar-refractivity contribution >= 4 is 23.6 Å². The molecule has 0 unspecified atom stereocenters. The van der Waals surface area contributed by atoms with Crippen LogP contribution in [0.15, 0.2) is 72.8 Å². The van der Waals surface area contributed by atoms with Gasteiger partial charge in [0, 0.05) is 18.9 Å². The van der Waals surface area contributed by atoms with Crippen molar-refractivity contribution in [3.05, 3.63) is 106 Å². The first-order valence-electron chi connectivity index (χ1n) is 20.5. The molecule has 1 aliphatic heterocycles. The van der Waals surface area contributed by atoms with Crippen LogP contribution < -0.4 is 27.4 Å². The predicted octanol–water partition coefficient (Wildman–Crippen LogP) is 5.53. The number of amides is 4. The topological polar surface area (TPSA) is 160 Å². The molecule has 56 heavy (non-hydrogen) atoms. The van der Waals surface area contributed by atoms with E-state index in [2.05, 4.69) is 40.2 Å². The van der Waals surface area contributed by atoms with Crippen molar-refractivity contribution in [1.82, 2.24) is 20.9 Å². The van der Waals surface area contributed by atoms with E-state index in [1.165, 1.54) is 11.1 Å². The molecule has 0 saturated carbocycles. The number of fused-ring (bicyclic) bond motifs is 2. The normalized spacial score (nSPS) is 22.5. The van der Waals surface area contributed by atoms with E-state index in [4.69, 9.17) is 11.5 Å². The summed E-state index contributed by atoms with van der Waals surface area (Å²) in [6.45, 7) is 11.9. The fourth-order valence-corrected chi connectivity index (χ4v) is 8.49. The second-order valence-corrected chi connectivity index (χ2v) is 18.4. The zero-order valence-corrected chi connectivity index (χ0v) is 34.1. The maximum atomic E-state index is 14.1. The van der Waals surface area contributed by atoms with Gasteiger partial charge < -0.3 is 32.3 Å². The van der Waals surface area contributed by atoms with Crippen molar-refractivity contribution in [2.75, 3.05) is 6.54 Å². The average Bonchev–Trinajstić information content (AvgIpc) is 3.62. The first-order chi connectivity index (χ1) is 26.5. The van der Waals surface area contributed by atoms with Gasteiger partial charge in [0.05, 0.1) is 24.2 Å². The first-order valence-corrected chi connectivity index (χ1v) is 20.5. The number of likely N-dealkylation sites (tertiary alicyclic amines) is 1. The highest BCUT2D eigenvalue weighted by Crippen LogP contribution is 2.36. The number of rotatable bonds is 10. The van der Waals surface area contributed by atoms with Crippen LogP contribution in [-0.2, 0) is 38.4 Å². The second kappa shape index (κ2) is 16.9. The highest BCUT2D eigenvalue weighted by atomic mass is 16.2. The van der Waals surface area contributed by atoms with Crippen molar-refractivity contribution in [3.63, 3.8) is 0 Å². The molecule has 300 valence electrons. The van der Waals surface area contributed by atoms with Crippen LogP contribution in [0.5, 0.6) is 0 Å². The molecule has 1 saturated heterocycles. The van der Waals surface area contributed by atoms with Gasteiger partial charge >= 0.3 is 0 Å². The van der Waals surface area contributed by atoms with Crippen molar-refractivity contribution in [1.29, 1.82) is 0 Å². The summed E-state index contributed by atoms with van der Waals surface area (Å²) in [5.74, 6) is -1.09. The summed E-state index contributed by atoms with van der Waals surface area (Å²) in [6, 6.07) is 21.1. The van der Waals surface area contributed by atoms with Gasteiger partial charge in [0.15, 0.2) is 0 Å². The SMILES string of the molecule is CC(C)(C)[C@H](N)C(=O)N[C@@H](Cc1ccc([C@H]2C[C@@H](C(=O)N[C@@H]3CCCc4ccccc43)N(C(=O)[C@@H](N)C(C)(C)C)C2)cc1)C(=O)N[C@@H]1CCCc2ccccc21. The molecule has 3 aromatic rings. The Morgan fingerprint density at radius 2 is 1.25 bits per heavy atom. The number of hydrogen-bond acceptors (Lipinski definition) is 6. The van der Waals surface area contributed by atoms with Crippen LogP contribution in [0.1, 0.15) is 125 Å². The maximum Gasteiger partial charge on any atom is 0.243 e. The van der Waals surface area contributed by atoms with E-state index in [0.717, 1.165) is 60.8 Å². The molecule has 1 heterocycles. The minimum absolute atomic E-state index is 0.0930. The van der Waals surface area contributed by atoms with Crippen molar-refractivity contribution in [3.8, 4) is 0 Å². The molecule has 0 radical (unpaired) electrons. The van der Waals surface area contributed by atoms with E-state index in [0.29, 0.717) is 13.0 Å². The van der Waals surface area contributed by atoms with Gasteiger partial charge in [0.2, 0.25) is 23.6 Å². The van der Waals surface area contributed by atoms with Crippen LogP contribution in [0.4, 0.5) is 0 Å². The Morgan fingerprint density at radius 3 is 1.80 bits per heavy atom. The highest BCUT2D eigenvalue weighted by molar-refractivity contribution is 5.92. The molecule has 1 fully saturated rings. The molecule has 2 aliphatic carbocycles. The lowest BCUT2D eigenvalue weighted by Crippen LogP contribution is -2.56. The Balaban J connectivity index is 1.20. The molecular formula is C46H62N6O4. The minimum Gasteiger partial charge on any atom is -0.347 e. The van der Waals surface area contributed by atoms with Gasteiger partial charge in [-0.25, -0.2) is 0 Å². The van der Waals surface area contributed by atoms with Gasteiger partial charge in [-0.05, 0) is 89.2 Å². The molecule has 6 rings (SSSR count). The lowest BCUT2D eigenvalue weighted by atomic mass is 9.86. The van der Waals surface area contributed by atoms with Crippen molar-refractivity contribution < 1.29 is 19.2 Å². The molecule has 0 bridgehead atoms. The van der Waals surface area contributed by atoms with Crippen molar-refractivity contribution in [2.45, 2.75) is 135 Å². The van der Waals surface area contributed by atoms with E-state index < -0.39 is 35.0 Å². The second-order valence-electron chi connectivity index (χ2n) is 18.4. The summed E-state index contributed by atoms with van der Waals surface area (Å²) in [5.41, 5.74) is 18.5. The predicted molar refractivity (Wildman–Crippen MR) is 220 cm³/mol. The van der Waals surface area contributed by atoms with Gasteiger partial charge in [-0.2, -0.15) is 0 Å². The van der Waals surface area contributed by atoms with Crippen molar-refractivity contribution in [2.24, 2.45) is 22.3 Å². The molecular weight excluding hydrogens is 701 g/mol. The van der Waals surface area contributed by atoms with E-state index in [1.807, 2.05) is 90.1 Å². The summed E-state index contributed by atoms with van der Waals surface area (Å²) >= 11 is 0. The number of nitrogens with one attached hydrogen (secondary N) is 3. The van der Waals surface area contributed by atoms with Crippen LogP contribution in [0, 0.1) is 10.8 Å². The highest BCUT2D eigenvalue weighted by Gasteiger charge is 2.44. The summed E-state index contributed by atoms with van der Waals surface area (Å²) in [4.78, 5) is 57.1. The standard InChI is InChI=1S/C46H62N6O4/c1-45(2,3)39(47)43(55)51-37(41(53)49-35-19-11-15-30-13-7-9-17-33(30)35)25-28-21-23-29(24-22-28)32-26-38(52(27-32)44(56)40(48)46(4,5)6)42(54)50-36-20-12-16-31-14-8-10-18-34(31)36/h7-10,13-14,17-18,21-24,32,35-40H,11-12,15-16,19-20,25-27,47-48H2,1-6H3,(H,49,53)(H,50,54)(H,51,55)/t32-,35+,36+,37-,38-,39+,40+/m0/s1. The van der Waals surface area contributed by atoms with Crippen LogP contribution in [-0.4, -0.2) is 59.2 Å². The smallest absolute Gasteiger partial charge is 0.243 e. The Hall–Kier alpha value is -4.54. The Morgan fingerprint density at radius 1 is 0.714 bits per heavy atom. The summed E-state index contributed by atoms with van der Waals surface area (Å²) in [7, 11) is 0. The Kier molecular flexibility index (Phi) is 12.4. The minimum atomic E-state index is -0.840. The lowest BCUT2D eigenvalue weighted by Gasteiger charge is -2.34. The van der Waals surface area contributed by atoms with Crippen LogP contribution >= 0.6 is 0 Å². The first kappa shape index (κ1) is 41.1. The van der Waals surface area contributed by atoms with Crippen LogP contribution in [0.3, 0.4) is 0 Å². The molecule has 7 N–H and O–H groups in total. The third-order valence-corrected chi connectivity index (χ3v) is 12.2. The quantitative estimate of drug-likeness (QED) is 0.183. The number of nitrogens with zero attached hydrogens (tertiary/aromatic N) is 1. The summed E-state index contributed by atoms with van der Waals surface area (Å²) in [5, 5.41) is 9.52. The number of benzene rings is 3. The van der Waals surface area contributed by atoms with E-state index in [1.54, 1.807) is 4.90 Å². The molecule has 3 aromatic carbocycles. The van der Waals surface area contributed by atoms with Gasteiger partial charge in [0.25, 0.3) is 0 Å². The number of nitrogens with two attached hydrogens (primary N) is 2. The molecule has 0 aromatic heterocycles. The third-order valence-electron chi connectivity index (χ3n) is 12.2. The Bertz CT molecular complexity index is 1900. The van der Waals surface area contributed by atoms with Crippen LogP contribution in [0.2, 0.25) is 0 Å². The van der Waals surface area contributed by atoms with Gasteiger partial charge in [-0.1, -0.05) is 114 Å². The largest absolute Gasteiger partial charge is 0.347 e. The van der Waals surface area contributed by atoms with Gasteiger partial charge in [-0.3, -0.25) is 19.2 Å². The van der Waals surface area contributed by atoms with E-state index >= 15 is 0 Å². The zero-order chi connectivity index (χ0) is 40.4. The van der Waals surface area contributed by atoms with E-state index in [9.17, 15) is 19.2 Å². The zero-order valence-electron chi connectivity index (χ0n) is 34.1. The van der Waals surface area contributed by atoms with Gasteiger partial charge in [0.1, 0.15) is 12.1 Å². The average molecular weight is 763 g/mol. The van der Waals surface area contributed by atoms with Crippen LogP contribution in [0.25, 0.3) is 0 Å². The number of hydrogen-bond donors (Lipinski definition) is 5. The number of carbonyl (C=O) groups is 4. The summed E-state index contributed by atoms with van der Waals surface area (Å²) in [6.07, 6.45) is 6.35. The molecule has 7 atom stereocenters. The summed E-state index contributed by atoms with van der Waals surface area (Å²) < 4.78 is 0. The van der Waals surface area contributed by atoms with E-state index in [-0.39, 0.29) is 48.1 Å². The number of aryl methyl sites for hydroxylation is 2. The maximum absolute atomic E-state index is 14.1. The molecule has 0 spiro atoms. The Labute approximate surface area is 332 Å². The fourth-order valence-electron chi connectivity index (χ4n) is 8.49. The molecule has 4 amide bonds. The van der Waals surface area contributed by atoms with Gasteiger partial charge in [-0.15, -0.1) is 0 Å². The number of carbonyl (C=O) groups excluding carboxylic acids is 4.